The molecule has 0 aliphatic heterocycles. The van der Waals surface area contributed by atoms with Gasteiger partial charge in [-0.1, -0.05) is 11.6 Å². The summed E-state index contributed by atoms with van der Waals surface area (Å²) in [6.45, 7) is 0.0525. The summed E-state index contributed by atoms with van der Waals surface area (Å²) in [6, 6.07) is 6.51. The predicted octanol–water partition coefficient (Wildman–Crippen LogP) is 0.981. The molecular weight excluding hydrogens is 322 g/mol. The van der Waals surface area contributed by atoms with Gasteiger partial charge in [-0.3, -0.25) is 4.79 Å². The number of methoxy groups -OCH3 is 1. The van der Waals surface area contributed by atoms with Gasteiger partial charge in [-0.2, -0.15) is 5.26 Å². The minimum Gasteiger partial charge on any atom is -0.495 e. The number of nitrogens with one attached hydrogen (secondary N) is 1. The molecule has 0 radical (unpaired) electrons. The summed E-state index contributed by atoms with van der Waals surface area (Å²) in [7, 11) is 1.45. The third kappa shape index (κ3) is 5.79. The number of carbonyl (C=O) groups excluding carboxylic acids is 1. The van der Waals surface area contributed by atoms with Crippen LogP contribution >= 0.6 is 11.6 Å². The predicted molar refractivity (Wildman–Crippen MR) is 86.1 cm³/mol. The van der Waals surface area contributed by atoms with Crippen molar-refractivity contribution in [2.24, 2.45) is 0 Å². The monoisotopic (exact) mass is 339 g/mol. The van der Waals surface area contributed by atoms with Gasteiger partial charge in [0.2, 0.25) is 0 Å². The number of aliphatic hydroxyl groups is 2. The highest BCUT2D eigenvalue weighted by molar-refractivity contribution is 6.31. The number of ether oxygens (including phenoxy) is 1. The molecule has 0 aliphatic carbocycles. The number of benzene rings is 1. The van der Waals surface area contributed by atoms with Gasteiger partial charge < -0.3 is 25.2 Å². The van der Waals surface area contributed by atoms with Crippen molar-refractivity contribution in [1.82, 2.24) is 4.90 Å². The summed E-state index contributed by atoms with van der Waals surface area (Å²) < 4.78 is 5.12. The highest BCUT2D eigenvalue weighted by Gasteiger charge is 2.14. The molecular formula is C15H18ClN3O4. The van der Waals surface area contributed by atoms with E-state index in [0.717, 1.165) is 0 Å². The van der Waals surface area contributed by atoms with Crippen molar-refractivity contribution in [2.45, 2.75) is 0 Å². The second kappa shape index (κ2) is 9.69. The van der Waals surface area contributed by atoms with Crippen LogP contribution < -0.4 is 10.1 Å². The van der Waals surface area contributed by atoms with Crippen LogP contribution in [0, 0.1) is 11.3 Å². The molecule has 0 aromatic heterocycles. The number of carbonyl (C=O) groups is 1. The van der Waals surface area contributed by atoms with E-state index in [2.05, 4.69) is 5.32 Å². The molecule has 3 N–H and O–H groups in total. The molecule has 1 rings (SSSR count). The average molecular weight is 340 g/mol. The Kier molecular flexibility index (Phi) is 7.91. The van der Waals surface area contributed by atoms with E-state index < -0.39 is 5.91 Å². The van der Waals surface area contributed by atoms with Crippen LogP contribution in [0.5, 0.6) is 5.75 Å². The molecule has 0 aliphatic rings. The van der Waals surface area contributed by atoms with Crippen molar-refractivity contribution >= 4 is 23.2 Å². The SMILES string of the molecule is COc1ccc(Cl)cc1NC(=O)/C(C#N)=C\N(CCO)CCO. The molecule has 1 amide bonds. The second-order valence-electron chi connectivity index (χ2n) is 4.44. The van der Waals surface area contributed by atoms with Crippen LogP contribution in [0.15, 0.2) is 30.0 Å². The van der Waals surface area contributed by atoms with Crippen molar-refractivity contribution < 1.29 is 19.7 Å². The van der Waals surface area contributed by atoms with Crippen molar-refractivity contribution in [3.8, 4) is 11.8 Å². The lowest BCUT2D eigenvalue weighted by Crippen LogP contribution is -2.26. The molecule has 0 heterocycles. The van der Waals surface area contributed by atoms with E-state index in [-0.39, 0.29) is 31.9 Å². The number of hydrogen-bond acceptors (Lipinski definition) is 6. The van der Waals surface area contributed by atoms with Crippen LogP contribution in [-0.2, 0) is 4.79 Å². The summed E-state index contributed by atoms with van der Waals surface area (Å²) in [5.41, 5.74) is 0.163. The molecule has 8 heteroatoms. The zero-order valence-corrected chi connectivity index (χ0v) is 13.4. The lowest BCUT2D eigenvalue weighted by molar-refractivity contribution is -0.112. The van der Waals surface area contributed by atoms with Gasteiger partial charge in [0.25, 0.3) is 5.91 Å². The fourth-order valence-electron chi connectivity index (χ4n) is 1.79. The minimum atomic E-state index is -0.644. The van der Waals surface area contributed by atoms with Gasteiger partial charge in [0.1, 0.15) is 17.4 Å². The third-order valence-corrected chi connectivity index (χ3v) is 3.10. The van der Waals surface area contributed by atoms with Gasteiger partial charge in [0, 0.05) is 24.3 Å². The Morgan fingerprint density at radius 3 is 2.61 bits per heavy atom. The normalized spacial score (nSPS) is 10.8. The lowest BCUT2D eigenvalue weighted by Gasteiger charge is -2.18. The maximum atomic E-state index is 12.2. The van der Waals surface area contributed by atoms with Crippen LogP contribution in [0.25, 0.3) is 0 Å². The molecule has 0 unspecified atom stereocenters. The molecule has 23 heavy (non-hydrogen) atoms. The number of halogens is 1. The first-order valence-electron chi connectivity index (χ1n) is 6.78. The van der Waals surface area contributed by atoms with Gasteiger partial charge in [-0.15, -0.1) is 0 Å². The van der Waals surface area contributed by atoms with Crippen molar-refractivity contribution in [3.05, 3.63) is 35.0 Å². The fourth-order valence-corrected chi connectivity index (χ4v) is 1.96. The largest absolute Gasteiger partial charge is 0.495 e. The molecule has 1 aromatic carbocycles. The van der Waals surface area contributed by atoms with Gasteiger partial charge in [0.05, 0.1) is 26.0 Å². The third-order valence-electron chi connectivity index (χ3n) is 2.86. The fraction of sp³-hybridized carbons (Fsp3) is 0.333. The number of amides is 1. The number of nitrogens with zero attached hydrogens (tertiary/aromatic N) is 2. The van der Waals surface area contributed by atoms with Crippen molar-refractivity contribution in [2.75, 3.05) is 38.7 Å². The minimum absolute atomic E-state index is 0.168. The first-order chi connectivity index (χ1) is 11.0. The molecule has 0 spiro atoms. The van der Waals surface area contributed by atoms with Crippen LogP contribution in [0.3, 0.4) is 0 Å². The second-order valence-corrected chi connectivity index (χ2v) is 4.87. The maximum absolute atomic E-state index is 12.2. The quantitative estimate of drug-likeness (QED) is 0.481. The Bertz CT molecular complexity index is 607. The molecule has 1 aromatic rings. The van der Waals surface area contributed by atoms with Crippen LogP contribution in [0.2, 0.25) is 5.02 Å². The van der Waals surface area contributed by atoms with Crippen molar-refractivity contribution in [3.63, 3.8) is 0 Å². The molecule has 7 nitrogen and oxygen atoms in total. The average Bonchev–Trinajstić information content (AvgIpc) is 2.53. The molecule has 124 valence electrons. The first kappa shape index (κ1) is 18.8. The van der Waals surface area contributed by atoms with E-state index in [1.807, 2.05) is 0 Å². The smallest absolute Gasteiger partial charge is 0.267 e. The van der Waals surface area contributed by atoms with Crippen LogP contribution in [0.1, 0.15) is 0 Å². The molecule has 0 bridgehead atoms. The zero-order valence-electron chi connectivity index (χ0n) is 12.6. The number of anilines is 1. The summed E-state index contributed by atoms with van der Waals surface area (Å²) in [5.74, 6) is -0.239. The van der Waals surface area contributed by atoms with Gasteiger partial charge in [-0.25, -0.2) is 0 Å². The summed E-state index contributed by atoms with van der Waals surface area (Å²) in [6.07, 6.45) is 1.29. The Morgan fingerprint density at radius 2 is 2.09 bits per heavy atom. The summed E-state index contributed by atoms with van der Waals surface area (Å²) in [4.78, 5) is 13.7. The first-order valence-corrected chi connectivity index (χ1v) is 7.16. The van der Waals surface area contributed by atoms with Gasteiger partial charge in [-0.05, 0) is 18.2 Å². The Labute approximate surface area is 139 Å². The topological polar surface area (TPSA) is 106 Å². The van der Waals surface area contributed by atoms with Crippen LogP contribution in [0.4, 0.5) is 5.69 Å². The van der Waals surface area contributed by atoms with E-state index in [1.54, 1.807) is 18.2 Å². The number of nitriles is 1. The molecule has 0 fully saturated rings. The molecule has 0 saturated heterocycles. The van der Waals surface area contributed by atoms with Gasteiger partial charge in [0.15, 0.2) is 0 Å². The van der Waals surface area contributed by atoms with E-state index in [9.17, 15) is 4.79 Å². The summed E-state index contributed by atoms with van der Waals surface area (Å²) in [5, 5.41) is 30.0. The van der Waals surface area contributed by atoms with Gasteiger partial charge >= 0.3 is 0 Å². The van der Waals surface area contributed by atoms with E-state index in [1.165, 1.54) is 24.3 Å². The number of aliphatic hydroxyl groups excluding tert-OH is 2. The van der Waals surface area contributed by atoms with E-state index >= 15 is 0 Å². The van der Waals surface area contributed by atoms with E-state index in [0.29, 0.717) is 16.5 Å². The lowest BCUT2D eigenvalue weighted by atomic mass is 10.2. The highest BCUT2D eigenvalue weighted by atomic mass is 35.5. The molecule has 0 saturated carbocycles. The van der Waals surface area contributed by atoms with E-state index in [4.69, 9.17) is 31.8 Å². The molecule has 0 atom stereocenters. The highest BCUT2D eigenvalue weighted by Crippen LogP contribution is 2.27. The Balaban J connectivity index is 2.97. The van der Waals surface area contributed by atoms with Crippen LogP contribution in [-0.4, -0.2) is 54.4 Å². The zero-order chi connectivity index (χ0) is 17.2. The maximum Gasteiger partial charge on any atom is 0.267 e. The standard InChI is InChI=1S/C15H18ClN3O4/c1-23-14-3-2-12(16)8-13(14)18-15(22)11(9-17)10-19(4-6-20)5-7-21/h2-3,8,10,20-21H,4-7H2,1H3,(H,18,22)/b11-10-. The number of hydrogen-bond donors (Lipinski definition) is 3. The Hall–Kier alpha value is -2.27. The summed E-state index contributed by atoms with van der Waals surface area (Å²) >= 11 is 5.89. The number of rotatable bonds is 8. The van der Waals surface area contributed by atoms with Crippen molar-refractivity contribution in [1.29, 1.82) is 5.26 Å². The Morgan fingerprint density at radius 1 is 1.43 bits per heavy atom.